The van der Waals surface area contributed by atoms with Gasteiger partial charge in [-0.05, 0) is 6.07 Å². The molecule has 0 radical (unpaired) electrons. The van der Waals surface area contributed by atoms with Crippen LogP contribution in [0.3, 0.4) is 0 Å². The Hall–Kier alpha value is -2.57. The minimum absolute atomic E-state index is 0.135. The van der Waals surface area contributed by atoms with E-state index in [2.05, 4.69) is 6.58 Å². The lowest BCUT2D eigenvalue weighted by Crippen LogP contribution is -2.09. The van der Waals surface area contributed by atoms with Gasteiger partial charge in [0.25, 0.3) is 5.69 Å². The summed E-state index contributed by atoms with van der Waals surface area (Å²) >= 11 is 0. The molecule has 0 heterocycles. The Balaban J connectivity index is 3.04. The van der Waals surface area contributed by atoms with Gasteiger partial charge in [0.2, 0.25) is 0 Å². The molecule has 17 heavy (non-hydrogen) atoms. The van der Waals surface area contributed by atoms with Crippen LogP contribution in [-0.2, 0) is 0 Å². The van der Waals surface area contributed by atoms with E-state index in [-0.39, 0.29) is 18.0 Å². The van der Waals surface area contributed by atoms with Crippen LogP contribution in [0, 0.1) is 10.1 Å². The van der Waals surface area contributed by atoms with E-state index in [0.717, 1.165) is 0 Å². The van der Waals surface area contributed by atoms with Crippen molar-refractivity contribution in [3.63, 3.8) is 0 Å². The molecule has 0 fully saturated rings. The molecule has 0 atom stereocenters. The standard InChI is InChI=1S/C10H10N2O5/c1-2-5-17-7-3-4-9(12(15)16)8(6-7)11-10(13)14/h2-4,6,11H,1,5H2,(H,13,14). The van der Waals surface area contributed by atoms with Gasteiger partial charge in [0, 0.05) is 12.1 Å². The first-order chi connectivity index (χ1) is 8.04. The summed E-state index contributed by atoms with van der Waals surface area (Å²) in [6.45, 7) is 3.68. The third-order valence-electron chi connectivity index (χ3n) is 1.77. The molecule has 2 N–H and O–H groups in total. The van der Waals surface area contributed by atoms with E-state index >= 15 is 0 Å². The van der Waals surface area contributed by atoms with Crippen LogP contribution in [0.2, 0.25) is 0 Å². The molecule has 0 aliphatic heterocycles. The van der Waals surface area contributed by atoms with Crippen LogP contribution in [0.25, 0.3) is 0 Å². The molecule has 0 saturated carbocycles. The Bertz CT molecular complexity index is 458. The number of nitro benzene ring substituents is 1. The minimum atomic E-state index is -1.38. The number of carbonyl (C=O) groups is 1. The third kappa shape index (κ3) is 3.49. The molecular weight excluding hydrogens is 228 g/mol. The smallest absolute Gasteiger partial charge is 0.409 e. The Morgan fingerprint density at radius 3 is 2.88 bits per heavy atom. The van der Waals surface area contributed by atoms with E-state index < -0.39 is 11.0 Å². The second-order valence-electron chi connectivity index (χ2n) is 2.97. The van der Waals surface area contributed by atoms with Gasteiger partial charge in [-0.3, -0.25) is 15.4 Å². The highest BCUT2D eigenvalue weighted by Crippen LogP contribution is 2.28. The number of anilines is 1. The predicted molar refractivity (Wildman–Crippen MR) is 60.4 cm³/mol. The van der Waals surface area contributed by atoms with Crippen molar-refractivity contribution in [1.82, 2.24) is 0 Å². The van der Waals surface area contributed by atoms with Crippen LogP contribution in [0.5, 0.6) is 5.75 Å². The summed E-state index contributed by atoms with van der Waals surface area (Å²) in [5.74, 6) is 0.319. The molecule has 1 aromatic rings. The van der Waals surface area contributed by atoms with Crippen LogP contribution in [0.1, 0.15) is 0 Å². The first-order valence-corrected chi connectivity index (χ1v) is 4.56. The Kier molecular flexibility index (Phi) is 4.04. The Morgan fingerprint density at radius 1 is 1.65 bits per heavy atom. The normalized spacial score (nSPS) is 9.41. The molecule has 0 aromatic heterocycles. The number of hydrogen-bond donors (Lipinski definition) is 2. The maximum Gasteiger partial charge on any atom is 0.409 e. The highest BCUT2D eigenvalue weighted by atomic mass is 16.6. The van der Waals surface area contributed by atoms with Gasteiger partial charge in [0.15, 0.2) is 0 Å². The topological polar surface area (TPSA) is 102 Å². The number of rotatable bonds is 5. The fraction of sp³-hybridized carbons (Fsp3) is 0.100. The number of nitrogens with one attached hydrogen (secondary N) is 1. The summed E-state index contributed by atoms with van der Waals surface area (Å²) < 4.78 is 5.14. The van der Waals surface area contributed by atoms with E-state index in [4.69, 9.17) is 9.84 Å². The summed E-state index contributed by atoms with van der Waals surface area (Å²) in [6, 6.07) is 3.80. The number of ether oxygens (including phenoxy) is 1. The SMILES string of the molecule is C=CCOc1ccc([N+](=O)[O-])c(NC(=O)O)c1. The summed E-state index contributed by atoms with van der Waals surface area (Å²) in [5, 5.41) is 21.1. The van der Waals surface area contributed by atoms with Gasteiger partial charge in [0.1, 0.15) is 18.0 Å². The maximum atomic E-state index is 10.6. The first-order valence-electron chi connectivity index (χ1n) is 4.56. The summed E-state index contributed by atoms with van der Waals surface area (Å²) in [4.78, 5) is 20.4. The Labute approximate surface area is 96.5 Å². The Morgan fingerprint density at radius 2 is 2.35 bits per heavy atom. The summed E-state index contributed by atoms with van der Waals surface area (Å²) in [6.07, 6.45) is 0.125. The van der Waals surface area contributed by atoms with Gasteiger partial charge in [-0.1, -0.05) is 12.7 Å². The lowest BCUT2D eigenvalue weighted by molar-refractivity contribution is -0.383. The second kappa shape index (κ2) is 5.50. The lowest BCUT2D eigenvalue weighted by atomic mass is 10.2. The summed E-state index contributed by atoms with van der Waals surface area (Å²) in [7, 11) is 0. The van der Waals surface area contributed by atoms with Crippen molar-refractivity contribution in [1.29, 1.82) is 0 Å². The van der Waals surface area contributed by atoms with Gasteiger partial charge in [-0.25, -0.2) is 4.79 Å². The molecule has 0 spiro atoms. The molecule has 1 rings (SSSR count). The quantitative estimate of drug-likeness (QED) is 0.465. The number of benzene rings is 1. The predicted octanol–water partition coefficient (Wildman–Crippen LogP) is 2.25. The molecule has 7 heteroatoms. The van der Waals surface area contributed by atoms with Gasteiger partial charge in [-0.15, -0.1) is 0 Å². The van der Waals surface area contributed by atoms with Crippen LogP contribution in [-0.4, -0.2) is 22.7 Å². The van der Waals surface area contributed by atoms with Crippen molar-refractivity contribution in [3.8, 4) is 5.75 Å². The molecule has 0 saturated heterocycles. The number of nitrogens with zero attached hydrogens (tertiary/aromatic N) is 1. The monoisotopic (exact) mass is 238 g/mol. The zero-order chi connectivity index (χ0) is 12.8. The molecule has 1 amide bonds. The van der Waals surface area contributed by atoms with Crippen molar-refractivity contribution in [2.75, 3.05) is 11.9 Å². The molecule has 0 aliphatic rings. The highest BCUT2D eigenvalue weighted by Gasteiger charge is 2.16. The van der Waals surface area contributed by atoms with E-state index in [0.29, 0.717) is 5.75 Å². The fourth-order valence-corrected chi connectivity index (χ4v) is 1.13. The summed E-state index contributed by atoms with van der Waals surface area (Å²) in [5.41, 5.74) is -0.470. The van der Waals surface area contributed by atoms with Crippen molar-refractivity contribution in [2.45, 2.75) is 0 Å². The molecule has 0 aliphatic carbocycles. The second-order valence-corrected chi connectivity index (χ2v) is 2.97. The number of amides is 1. The van der Waals surface area contributed by atoms with E-state index in [9.17, 15) is 14.9 Å². The zero-order valence-electron chi connectivity index (χ0n) is 8.75. The maximum absolute atomic E-state index is 10.6. The highest BCUT2D eigenvalue weighted by molar-refractivity contribution is 5.86. The average molecular weight is 238 g/mol. The van der Waals surface area contributed by atoms with Crippen molar-refractivity contribution in [2.24, 2.45) is 0 Å². The molecule has 0 unspecified atom stereocenters. The third-order valence-corrected chi connectivity index (χ3v) is 1.77. The number of hydrogen-bond acceptors (Lipinski definition) is 4. The van der Waals surface area contributed by atoms with Crippen molar-refractivity contribution < 1.29 is 19.6 Å². The van der Waals surface area contributed by atoms with Gasteiger partial charge in [0.05, 0.1) is 4.92 Å². The van der Waals surface area contributed by atoms with Gasteiger partial charge >= 0.3 is 6.09 Å². The average Bonchev–Trinajstić information content (AvgIpc) is 2.25. The van der Waals surface area contributed by atoms with Crippen LogP contribution >= 0.6 is 0 Å². The van der Waals surface area contributed by atoms with Crippen LogP contribution < -0.4 is 10.1 Å². The molecular formula is C10H10N2O5. The van der Waals surface area contributed by atoms with Crippen LogP contribution in [0.4, 0.5) is 16.2 Å². The number of carboxylic acid groups (broad SMARTS) is 1. The molecule has 0 bridgehead atoms. The van der Waals surface area contributed by atoms with Gasteiger partial charge < -0.3 is 9.84 Å². The van der Waals surface area contributed by atoms with Crippen LogP contribution in [0.15, 0.2) is 30.9 Å². The van der Waals surface area contributed by atoms with E-state index in [1.807, 2.05) is 5.32 Å². The van der Waals surface area contributed by atoms with Crippen molar-refractivity contribution in [3.05, 3.63) is 41.0 Å². The van der Waals surface area contributed by atoms with Gasteiger partial charge in [-0.2, -0.15) is 0 Å². The fourth-order valence-electron chi connectivity index (χ4n) is 1.13. The van der Waals surface area contributed by atoms with Crippen molar-refractivity contribution >= 4 is 17.5 Å². The molecule has 1 aromatic carbocycles. The molecule has 90 valence electrons. The lowest BCUT2D eigenvalue weighted by Gasteiger charge is -2.06. The van der Waals surface area contributed by atoms with E-state index in [1.54, 1.807) is 0 Å². The number of nitro groups is 1. The first kappa shape index (κ1) is 12.5. The largest absolute Gasteiger partial charge is 0.489 e. The minimum Gasteiger partial charge on any atom is -0.489 e. The zero-order valence-corrected chi connectivity index (χ0v) is 8.75. The van der Waals surface area contributed by atoms with E-state index in [1.165, 1.54) is 24.3 Å². The molecule has 7 nitrogen and oxygen atoms in total.